The number of benzene rings is 1. The Morgan fingerprint density at radius 2 is 2.11 bits per heavy atom. The monoisotopic (exact) mass is 387 g/mol. The molecule has 150 valence electrons. The Kier molecular flexibility index (Phi) is 7.17. The quantitative estimate of drug-likeness (QED) is 0.705. The zero-order chi connectivity index (χ0) is 19.8. The highest BCUT2D eigenvalue weighted by Gasteiger charge is 2.16. The number of hydrogen-bond acceptors (Lipinski definition) is 4. The van der Waals surface area contributed by atoms with Gasteiger partial charge in [0.25, 0.3) is 0 Å². The number of carbonyl (C=O) groups is 2. The molecule has 0 atom stereocenters. The van der Waals surface area contributed by atoms with E-state index in [9.17, 15) is 14.0 Å². The summed E-state index contributed by atoms with van der Waals surface area (Å²) in [5.74, 6) is 0.524. The number of rotatable bonds is 8. The number of likely N-dealkylation sites (tertiary alicyclic amines) is 1. The van der Waals surface area contributed by atoms with Gasteiger partial charge in [0.15, 0.2) is 11.7 Å². The average Bonchev–Trinajstić information content (AvgIpc) is 3.07. The Morgan fingerprint density at radius 1 is 1.25 bits per heavy atom. The Bertz CT molecular complexity index is 806. The molecule has 1 saturated heterocycles. The molecule has 0 unspecified atom stereocenters. The molecule has 1 aromatic carbocycles. The van der Waals surface area contributed by atoms with Gasteiger partial charge in [-0.15, -0.1) is 0 Å². The molecule has 1 aromatic heterocycles. The molecule has 28 heavy (non-hydrogen) atoms. The first-order chi connectivity index (χ1) is 13.6. The number of nitrogens with one attached hydrogen (secondary N) is 1. The first kappa shape index (κ1) is 20.0. The van der Waals surface area contributed by atoms with Gasteiger partial charge in [-0.25, -0.2) is 9.37 Å². The highest BCUT2D eigenvalue weighted by Crippen LogP contribution is 2.23. The Hall–Kier alpha value is -2.70. The minimum absolute atomic E-state index is 0.0900. The predicted molar refractivity (Wildman–Crippen MR) is 103 cm³/mol. The van der Waals surface area contributed by atoms with E-state index in [0.29, 0.717) is 43.1 Å². The number of carbonyl (C=O) groups excluding carboxylic acids is 2. The molecule has 1 fully saturated rings. The maximum absolute atomic E-state index is 13.8. The zero-order valence-electron chi connectivity index (χ0n) is 16.0. The highest BCUT2D eigenvalue weighted by molar-refractivity contribution is 5.76. The minimum Gasteiger partial charge on any atom is -0.441 e. The molecule has 1 aliphatic heterocycles. The lowest BCUT2D eigenvalue weighted by atomic mass is 10.2. The molecule has 6 nitrogen and oxygen atoms in total. The molecule has 1 N–H and O–H groups in total. The molecule has 2 aromatic rings. The molecule has 0 aliphatic carbocycles. The van der Waals surface area contributed by atoms with Crippen LogP contribution in [0.15, 0.2) is 34.9 Å². The van der Waals surface area contributed by atoms with Gasteiger partial charge in [-0.05, 0) is 31.4 Å². The van der Waals surface area contributed by atoms with Crippen LogP contribution in [0.5, 0.6) is 0 Å². The van der Waals surface area contributed by atoms with Crippen molar-refractivity contribution in [2.24, 2.45) is 0 Å². The molecule has 3 rings (SSSR count). The van der Waals surface area contributed by atoms with E-state index in [-0.39, 0.29) is 24.1 Å². The van der Waals surface area contributed by atoms with Crippen molar-refractivity contribution in [3.05, 3.63) is 42.2 Å². The van der Waals surface area contributed by atoms with Crippen LogP contribution in [0.3, 0.4) is 0 Å². The van der Waals surface area contributed by atoms with Crippen molar-refractivity contribution in [1.29, 1.82) is 0 Å². The van der Waals surface area contributed by atoms with Crippen molar-refractivity contribution >= 4 is 11.8 Å². The van der Waals surface area contributed by atoms with E-state index in [1.54, 1.807) is 18.2 Å². The van der Waals surface area contributed by atoms with Gasteiger partial charge in [0, 0.05) is 38.9 Å². The van der Waals surface area contributed by atoms with E-state index >= 15 is 0 Å². The van der Waals surface area contributed by atoms with Gasteiger partial charge in [-0.1, -0.05) is 18.6 Å². The number of aryl methyl sites for hydroxylation is 1. The van der Waals surface area contributed by atoms with Gasteiger partial charge in [0.05, 0.1) is 11.8 Å². The fourth-order valence-corrected chi connectivity index (χ4v) is 3.29. The summed E-state index contributed by atoms with van der Waals surface area (Å²) in [4.78, 5) is 29.9. The molecule has 7 heteroatoms. The molecule has 1 aliphatic rings. The summed E-state index contributed by atoms with van der Waals surface area (Å²) >= 11 is 0. The fraction of sp³-hybridized carbons (Fsp3) is 0.476. The van der Waals surface area contributed by atoms with Crippen LogP contribution < -0.4 is 5.32 Å². The maximum Gasteiger partial charge on any atom is 0.222 e. The number of amides is 2. The molecule has 0 bridgehead atoms. The predicted octanol–water partition coefficient (Wildman–Crippen LogP) is 3.32. The summed E-state index contributed by atoms with van der Waals surface area (Å²) in [6.07, 6.45) is 6.60. The van der Waals surface area contributed by atoms with E-state index in [1.807, 2.05) is 4.90 Å². The van der Waals surface area contributed by atoms with E-state index in [1.165, 1.54) is 12.3 Å². The summed E-state index contributed by atoms with van der Waals surface area (Å²) in [5.41, 5.74) is 0.355. The van der Waals surface area contributed by atoms with Crippen molar-refractivity contribution in [1.82, 2.24) is 15.2 Å². The largest absolute Gasteiger partial charge is 0.441 e. The highest BCUT2D eigenvalue weighted by atomic mass is 19.1. The lowest BCUT2D eigenvalue weighted by molar-refractivity contribution is -0.130. The molecule has 0 saturated carbocycles. The Morgan fingerprint density at radius 3 is 2.96 bits per heavy atom. The van der Waals surface area contributed by atoms with Crippen LogP contribution in [0.4, 0.5) is 4.39 Å². The van der Waals surface area contributed by atoms with Crippen molar-refractivity contribution < 1.29 is 18.4 Å². The molecular weight excluding hydrogens is 361 g/mol. The van der Waals surface area contributed by atoms with Gasteiger partial charge < -0.3 is 14.6 Å². The minimum atomic E-state index is -0.370. The van der Waals surface area contributed by atoms with Crippen LogP contribution in [-0.4, -0.2) is 41.3 Å². The molecule has 2 heterocycles. The van der Waals surface area contributed by atoms with Gasteiger partial charge in [0.2, 0.25) is 11.8 Å². The van der Waals surface area contributed by atoms with Crippen LogP contribution in [0.1, 0.15) is 44.4 Å². The van der Waals surface area contributed by atoms with E-state index in [0.717, 1.165) is 32.2 Å². The van der Waals surface area contributed by atoms with Crippen LogP contribution in [-0.2, 0) is 16.0 Å². The van der Waals surface area contributed by atoms with Crippen LogP contribution in [0.25, 0.3) is 11.3 Å². The molecule has 0 spiro atoms. The second kappa shape index (κ2) is 10.0. The summed E-state index contributed by atoms with van der Waals surface area (Å²) in [5, 5.41) is 2.86. The number of aromatic nitrogens is 1. The summed E-state index contributed by atoms with van der Waals surface area (Å²) < 4.78 is 19.3. The third-order valence-corrected chi connectivity index (χ3v) is 4.86. The number of halogens is 1. The van der Waals surface area contributed by atoms with Crippen molar-refractivity contribution in [3.63, 3.8) is 0 Å². The normalized spacial score (nSPS) is 14.8. The maximum atomic E-state index is 13.8. The third-order valence-electron chi connectivity index (χ3n) is 4.86. The lowest BCUT2D eigenvalue weighted by Crippen LogP contribution is -2.34. The van der Waals surface area contributed by atoms with Crippen LogP contribution in [0, 0.1) is 5.82 Å². The van der Waals surface area contributed by atoms with Crippen molar-refractivity contribution in [3.8, 4) is 11.3 Å². The third kappa shape index (κ3) is 5.65. The van der Waals surface area contributed by atoms with Gasteiger partial charge in [-0.2, -0.15) is 0 Å². The SMILES string of the molecule is O=C(CCc1ncc(-c2ccccc2F)o1)NCCCN1CCCCCC1=O. The Balaban J connectivity index is 1.37. The topological polar surface area (TPSA) is 75.4 Å². The first-order valence-corrected chi connectivity index (χ1v) is 9.87. The van der Waals surface area contributed by atoms with E-state index < -0.39 is 0 Å². The summed E-state index contributed by atoms with van der Waals surface area (Å²) in [6, 6.07) is 6.34. The van der Waals surface area contributed by atoms with Crippen LogP contribution in [0.2, 0.25) is 0 Å². The van der Waals surface area contributed by atoms with Gasteiger partial charge >= 0.3 is 0 Å². The molecular formula is C21H26FN3O3. The number of hydrogen-bond donors (Lipinski definition) is 1. The van der Waals surface area contributed by atoms with Gasteiger partial charge in [0.1, 0.15) is 5.82 Å². The lowest BCUT2D eigenvalue weighted by Gasteiger charge is -2.20. The van der Waals surface area contributed by atoms with E-state index in [4.69, 9.17) is 4.42 Å². The zero-order valence-corrected chi connectivity index (χ0v) is 16.0. The van der Waals surface area contributed by atoms with Crippen LogP contribution >= 0.6 is 0 Å². The molecule has 2 amide bonds. The number of oxazole rings is 1. The fourth-order valence-electron chi connectivity index (χ4n) is 3.29. The first-order valence-electron chi connectivity index (χ1n) is 9.87. The standard InChI is InChI=1S/C21H26FN3O3/c22-17-8-4-3-7-16(17)18-15-24-20(28-18)11-10-19(26)23-12-6-14-25-13-5-1-2-9-21(25)27/h3-4,7-8,15H,1-2,5-6,9-14H2,(H,23,26). The second-order valence-electron chi connectivity index (χ2n) is 6.99. The van der Waals surface area contributed by atoms with Crippen molar-refractivity contribution in [2.75, 3.05) is 19.6 Å². The summed E-state index contributed by atoms with van der Waals surface area (Å²) in [7, 11) is 0. The van der Waals surface area contributed by atoms with Gasteiger partial charge in [-0.3, -0.25) is 9.59 Å². The van der Waals surface area contributed by atoms with Crippen molar-refractivity contribution in [2.45, 2.75) is 44.9 Å². The number of nitrogens with zero attached hydrogens (tertiary/aromatic N) is 2. The molecule has 0 radical (unpaired) electrons. The summed E-state index contributed by atoms with van der Waals surface area (Å²) in [6.45, 7) is 2.04. The second-order valence-corrected chi connectivity index (χ2v) is 6.99. The smallest absolute Gasteiger partial charge is 0.222 e. The van der Waals surface area contributed by atoms with E-state index in [2.05, 4.69) is 10.3 Å². The average molecular weight is 387 g/mol. The Labute approximate surface area is 164 Å².